The van der Waals surface area contributed by atoms with Crippen molar-refractivity contribution in [2.75, 3.05) is 44.6 Å². The number of ether oxygens (including phenoxy) is 1. The van der Waals surface area contributed by atoms with E-state index in [-0.39, 0.29) is 28.8 Å². The zero-order chi connectivity index (χ0) is 33.3. The number of aryl methyl sites for hydroxylation is 1. The highest BCUT2D eigenvalue weighted by atomic mass is 19.2. The molecule has 244 valence electrons. The molecule has 2 aliphatic rings. The van der Waals surface area contributed by atoms with Crippen LogP contribution < -0.4 is 15.4 Å². The summed E-state index contributed by atoms with van der Waals surface area (Å²) in [5.74, 6) is -2.50. The number of piperazine rings is 1. The van der Waals surface area contributed by atoms with Gasteiger partial charge in [0, 0.05) is 68.4 Å². The molecule has 0 bridgehead atoms. The summed E-state index contributed by atoms with van der Waals surface area (Å²) in [6, 6.07) is 9.23. The Morgan fingerprint density at radius 3 is 2.62 bits per heavy atom. The summed E-state index contributed by atoms with van der Waals surface area (Å²) in [4.78, 5) is 38.7. The quantitative estimate of drug-likeness (QED) is 0.263. The van der Waals surface area contributed by atoms with Crippen LogP contribution in [0, 0.1) is 29.9 Å². The maximum absolute atomic E-state index is 15.0. The van der Waals surface area contributed by atoms with Gasteiger partial charge in [-0.15, -0.1) is 0 Å². The monoisotopic (exact) mass is 644 g/mol. The first kappa shape index (κ1) is 31.8. The van der Waals surface area contributed by atoms with Crippen LogP contribution in [0.4, 0.5) is 20.3 Å². The van der Waals surface area contributed by atoms with Gasteiger partial charge in [0.05, 0.1) is 23.5 Å². The molecule has 0 spiro atoms. The summed E-state index contributed by atoms with van der Waals surface area (Å²) < 4.78 is 36.1. The van der Waals surface area contributed by atoms with Gasteiger partial charge in [0.1, 0.15) is 6.07 Å². The van der Waals surface area contributed by atoms with E-state index in [1.54, 1.807) is 38.6 Å². The second kappa shape index (κ2) is 12.9. The number of aliphatic hydroxyl groups is 1. The smallest absolute Gasteiger partial charge is 0.254 e. The Balaban J connectivity index is 1.13. The summed E-state index contributed by atoms with van der Waals surface area (Å²) in [6.45, 7) is 5.38. The van der Waals surface area contributed by atoms with Crippen LogP contribution >= 0.6 is 0 Å². The van der Waals surface area contributed by atoms with Crippen LogP contribution in [-0.2, 0) is 4.79 Å². The molecule has 2 aliphatic heterocycles. The maximum Gasteiger partial charge on any atom is 0.254 e. The van der Waals surface area contributed by atoms with E-state index in [0.29, 0.717) is 68.3 Å². The maximum atomic E-state index is 15.0. The Kier molecular flexibility index (Phi) is 8.76. The fraction of sp³-hybridized carbons (Fsp3) is 0.364. The Morgan fingerprint density at radius 1 is 1.15 bits per heavy atom. The van der Waals surface area contributed by atoms with Gasteiger partial charge in [-0.3, -0.25) is 14.0 Å². The normalized spacial score (nSPS) is 19.5. The average molecular weight is 645 g/mol. The van der Waals surface area contributed by atoms with Gasteiger partial charge in [0.15, 0.2) is 29.6 Å². The van der Waals surface area contributed by atoms with Gasteiger partial charge in [-0.05, 0) is 49.2 Å². The molecule has 6 rings (SSSR count). The molecule has 2 aromatic carbocycles. The SMILES string of the molecule is CC[C@@]1(O)CN[C@H](C(=O)N2CCN(C(=O)c3ccc(Nc4nccn5c(-c6ccc(OCC#N)c(F)c6F)cnc45)cc3C)CC2)C1. The molecule has 2 amide bonds. The number of fused-ring (bicyclic) bond motifs is 1. The van der Waals surface area contributed by atoms with Crippen molar-refractivity contribution >= 4 is 29.0 Å². The molecule has 0 radical (unpaired) electrons. The van der Waals surface area contributed by atoms with Gasteiger partial charge in [0.25, 0.3) is 5.91 Å². The molecule has 0 aliphatic carbocycles. The number of benzene rings is 2. The van der Waals surface area contributed by atoms with E-state index in [4.69, 9.17) is 10.00 Å². The van der Waals surface area contributed by atoms with Crippen molar-refractivity contribution in [2.45, 2.75) is 38.3 Å². The third-order valence-electron chi connectivity index (χ3n) is 8.86. The standard InChI is InChI=1S/C33H34F2N8O4/c1-3-33(46)17-24(39-19-33)32(45)42-13-11-41(12-14-42)31(44)22-5-4-21(16-20(22)2)40-29-30-38-18-25(43(30)10-9-37-29)23-6-7-26(47-15-8-36)28(35)27(23)34/h4-7,9-10,16,18,24,39,46H,3,11-15,17,19H2,1-2H3,(H,37,40)/t24-,33-/m0/s1. The van der Waals surface area contributed by atoms with Crippen molar-refractivity contribution in [1.29, 1.82) is 5.26 Å². The van der Waals surface area contributed by atoms with Crippen LogP contribution in [0.1, 0.15) is 35.7 Å². The molecule has 0 saturated carbocycles. The summed E-state index contributed by atoms with van der Waals surface area (Å²) in [6.07, 6.45) is 5.46. The Labute approximate surface area is 269 Å². The minimum atomic E-state index is -1.20. The highest BCUT2D eigenvalue weighted by Gasteiger charge is 2.41. The highest BCUT2D eigenvalue weighted by Crippen LogP contribution is 2.32. The van der Waals surface area contributed by atoms with E-state index < -0.39 is 29.9 Å². The zero-order valence-corrected chi connectivity index (χ0v) is 26.0. The number of imidazole rings is 1. The van der Waals surface area contributed by atoms with Crippen LogP contribution in [0.25, 0.3) is 16.9 Å². The lowest BCUT2D eigenvalue weighted by molar-refractivity contribution is -0.135. The van der Waals surface area contributed by atoms with Crippen LogP contribution in [0.15, 0.2) is 48.9 Å². The van der Waals surface area contributed by atoms with Gasteiger partial charge in [-0.1, -0.05) is 6.92 Å². The molecule has 12 nitrogen and oxygen atoms in total. The van der Waals surface area contributed by atoms with E-state index in [9.17, 15) is 23.5 Å². The Morgan fingerprint density at radius 2 is 1.91 bits per heavy atom. The number of nitrogens with one attached hydrogen (secondary N) is 2. The van der Waals surface area contributed by atoms with E-state index in [1.807, 2.05) is 19.9 Å². The number of hydrogen-bond donors (Lipinski definition) is 3. The summed E-state index contributed by atoms with van der Waals surface area (Å²) in [5.41, 5.74) is 1.67. The summed E-state index contributed by atoms with van der Waals surface area (Å²) in [7, 11) is 0. The van der Waals surface area contributed by atoms with Crippen LogP contribution in [0.2, 0.25) is 0 Å². The van der Waals surface area contributed by atoms with Crippen molar-refractivity contribution in [3.05, 3.63) is 71.7 Å². The molecule has 14 heteroatoms. The van der Waals surface area contributed by atoms with Crippen molar-refractivity contribution in [1.82, 2.24) is 29.5 Å². The molecule has 3 N–H and O–H groups in total. The summed E-state index contributed by atoms with van der Waals surface area (Å²) >= 11 is 0. The molecular weight excluding hydrogens is 610 g/mol. The number of amides is 2. The van der Waals surface area contributed by atoms with E-state index in [1.165, 1.54) is 24.5 Å². The van der Waals surface area contributed by atoms with Crippen LogP contribution in [0.5, 0.6) is 5.75 Å². The average Bonchev–Trinajstić information content (AvgIpc) is 3.70. The number of nitrogens with zero attached hydrogens (tertiary/aromatic N) is 6. The number of carbonyl (C=O) groups is 2. The second-order valence-corrected chi connectivity index (χ2v) is 11.8. The number of anilines is 2. The third-order valence-corrected chi connectivity index (χ3v) is 8.86. The highest BCUT2D eigenvalue weighted by molar-refractivity contribution is 5.96. The number of nitriles is 1. The third kappa shape index (κ3) is 6.19. The molecule has 4 heterocycles. The minimum Gasteiger partial charge on any atom is -0.476 e. The molecular formula is C33H34F2N8O4. The van der Waals surface area contributed by atoms with Crippen molar-refractivity contribution in [3.8, 4) is 23.1 Å². The zero-order valence-electron chi connectivity index (χ0n) is 26.0. The lowest BCUT2D eigenvalue weighted by atomic mass is 9.97. The van der Waals surface area contributed by atoms with Crippen molar-refractivity contribution in [3.63, 3.8) is 0 Å². The number of β-amino-alcohol motifs (C(OH)–C–C–N with tert-alkyl or cyclic N) is 1. The Bertz CT molecular complexity index is 1880. The molecule has 47 heavy (non-hydrogen) atoms. The topological polar surface area (TPSA) is 148 Å². The first-order valence-electron chi connectivity index (χ1n) is 15.3. The van der Waals surface area contributed by atoms with Crippen molar-refractivity contribution < 1.29 is 28.2 Å². The minimum absolute atomic E-state index is 0.0424. The van der Waals surface area contributed by atoms with Crippen molar-refractivity contribution in [2.24, 2.45) is 0 Å². The van der Waals surface area contributed by atoms with Crippen LogP contribution in [-0.4, -0.2) is 92.1 Å². The molecule has 2 fully saturated rings. The molecule has 0 unspecified atom stereocenters. The first-order valence-corrected chi connectivity index (χ1v) is 15.3. The van der Waals surface area contributed by atoms with Gasteiger partial charge in [-0.25, -0.2) is 14.4 Å². The molecule has 2 aromatic heterocycles. The van der Waals surface area contributed by atoms with E-state index in [2.05, 4.69) is 20.6 Å². The predicted octanol–water partition coefficient (Wildman–Crippen LogP) is 3.42. The largest absolute Gasteiger partial charge is 0.476 e. The van der Waals surface area contributed by atoms with Gasteiger partial charge < -0.3 is 30.3 Å². The lowest BCUT2D eigenvalue weighted by Gasteiger charge is -2.36. The number of hydrogen-bond acceptors (Lipinski definition) is 9. The second-order valence-electron chi connectivity index (χ2n) is 11.8. The summed E-state index contributed by atoms with van der Waals surface area (Å²) in [5, 5.41) is 25.5. The van der Waals surface area contributed by atoms with Gasteiger partial charge >= 0.3 is 0 Å². The molecule has 2 saturated heterocycles. The number of aromatic nitrogens is 3. The van der Waals surface area contributed by atoms with E-state index >= 15 is 0 Å². The van der Waals surface area contributed by atoms with Gasteiger partial charge in [-0.2, -0.15) is 9.65 Å². The predicted molar refractivity (Wildman–Crippen MR) is 168 cm³/mol. The molecule has 4 aromatic rings. The van der Waals surface area contributed by atoms with Crippen LogP contribution in [0.3, 0.4) is 0 Å². The Hall–Kier alpha value is -5.13. The molecule has 2 atom stereocenters. The number of rotatable bonds is 8. The fourth-order valence-electron chi connectivity index (χ4n) is 6.08. The van der Waals surface area contributed by atoms with E-state index in [0.717, 1.165) is 5.56 Å². The number of carbonyl (C=O) groups excluding carboxylic acids is 2. The fourth-order valence-corrected chi connectivity index (χ4v) is 6.08. The van der Waals surface area contributed by atoms with Gasteiger partial charge in [0.2, 0.25) is 11.7 Å². The lowest BCUT2D eigenvalue weighted by Crippen LogP contribution is -2.54. The first-order chi connectivity index (χ1) is 22.6. The number of halogens is 2.